The summed E-state index contributed by atoms with van der Waals surface area (Å²) in [4.78, 5) is 14.0. The summed E-state index contributed by atoms with van der Waals surface area (Å²) in [5.74, 6) is 1.01. The first-order chi connectivity index (χ1) is 12.1. The molecule has 136 valence electrons. The van der Waals surface area contributed by atoms with Crippen LogP contribution >= 0.6 is 0 Å². The Balaban J connectivity index is 1.71. The van der Waals surface area contributed by atoms with Crippen LogP contribution in [0.15, 0.2) is 41.5 Å². The highest BCUT2D eigenvalue weighted by molar-refractivity contribution is 5.96. The maximum Gasteiger partial charge on any atom is 0.205 e. The fourth-order valence-electron chi connectivity index (χ4n) is 3.42. The molecule has 25 heavy (non-hydrogen) atoms. The molecule has 0 aromatic heterocycles. The van der Waals surface area contributed by atoms with E-state index < -0.39 is 0 Å². The van der Waals surface area contributed by atoms with Gasteiger partial charge in [0.15, 0.2) is 0 Å². The first kappa shape index (κ1) is 17.8. The normalized spacial score (nSPS) is 21.4. The number of piperazine rings is 1. The fourth-order valence-corrected chi connectivity index (χ4v) is 3.42. The number of anilines is 2. The van der Waals surface area contributed by atoms with Crippen molar-refractivity contribution < 1.29 is 0 Å². The van der Waals surface area contributed by atoms with Crippen molar-refractivity contribution in [3.05, 3.63) is 36.5 Å². The fraction of sp³-hybridized carbons (Fsp3) is 0.550. The lowest BCUT2D eigenvalue weighted by molar-refractivity contribution is 0.313. The van der Waals surface area contributed by atoms with Gasteiger partial charge in [-0.3, -0.25) is 0 Å². The topological polar surface area (TPSA) is 25.3 Å². The van der Waals surface area contributed by atoms with Crippen molar-refractivity contribution in [2.75, 3.05) is 57.1 Å². The molecule has 0 radical (unpaired) electrons. The van der Waals surface area contributed by atoms with Crippen molar-refractivity contribution >= 4 is 17.3 Å². The summed E-state index contributed by atoms with van der Waals surface area (Å²) in [7, 11) is 6.35. The van der Waals surface area contributed by atoms with E-state index in [4.69, 9.17) is 4.99 Å². The predicted octanol–water partition coefficient (Wildman–Crippen LogP) is 2.86. The Morgan fingerprint density at radius 1 is 1.08 bits per heavy atom. The van der Waals surface area contributed by atoms with Gasteiger partial charge >= 0.3 is 0 Å². The van der Waals surface area contributed by atoms with E-state index in [0.717, 1.165) is 45.0 Å². The van der Waals surface area contributed by atoms with E-state index in [0.29, 0.717) is 6.04 Å². The lowest BCUT2D eigenvalue weighted by Crippen LogP contribution is -2.44. The highest BCUT2D eigenvalue weighted by atomic mass is 15.4. The third kappa shape index (κ3) is 4.15. The minimum atomic E-state index is 0.295. The van der Waals surface area contributed by atoms with Crippen LogP contribution in [0.25, 0.3) is 0 Å². The number of rotatable bonds is 4. The van der Waals surface area contributed by atoms with Crippen molar-refractivity contribution in [2.24, 2.45) is 4.99 Å². The molecule has 1 unspecified atom stereocenters. The Labute approximate surface area is 152 Å². The molecule has 0 N–H and O–H groups in total. The number of benzene rings is 1. The number of likely N-dealkylation sites (N-methyl/N-ethyl adjacent to an activating group) is 1. The van der Waals surface area contributed by atoms with Crippen LogP contribution in [-0.4, -0.2) is 69.1 Å². The Morgan fingerprint density at radius 2 is 1.76 bits per heavy atom. The molecule has 5 heteroatoms. The molecular formula is C20H31N5. The van der Waals surface area contributed by atoms with Gasteiger partial charge in [-0.2, -0.15) is 0 Å². The SMILES string of the molecule is CCCC1C=CN(C)C(N(C)c2ccc(N3CCN(C)CC3)cc2)=N1. The lowest BCUT2D eigenvalue weighted by atomic mass is 10.1. The summed E-state index contributed by atoms with van der Waals surface area (Å²) < 4.78 is 0. The van der Waals surface area contributed by atoms with Gasteiger partial charge in [0, 0.05) is 57.8 Å². The molecule has 2 aliphatic heterocycles. The second kappa shape index (κ2) is 7.91. The van der Waals surface area contributed by atoms with Crippen LogP contribution in [-0.2, 0) is 0 Å². The summed E-state index contributed by atoms with van der Waals surface area (Å²) in [5, 5.41) is 0. The summed E-state index contributed by atoms with van der Waals surface area (Å²) in [6, 6.07) is 9.18. The number of hydrogen-bond acceptors (Lipinski definition) is 5. The van der Waals surface area contributed by atoms with Crippen molar-refractivity contribution in [1.82, 2.24) is 9.80 Å². The van der Waals surface area contributed by atoms with Crippen molar-refractivity contribution in [3.63, 3.8) is 0 Å². The standard InChI is InChI=1S/C20H31N5/c1-5-6-17-11-12-23(3)20(21-17)24(4)18-7-9-19(10-8-18)25-15-13-22(2)14-16-25/h7-12,17H,5-6,13-16H2,1-4H3. The van der Waals surface area contributed by atoms with Crippen molar-refractivity contribution in [2.45, 2.75) is 25.8 Å². The van der Waals surface area contributed by atoms with Crippen LogP contribution < -0.4 is 9.80 Å². The second-order valence-corrected chi connectivity index (χ2v) is 7.10. The molecule has 1 fully saturated rings. The molecular weight excluding hydrogens is 310 g/mol. The lowest BCUT2D eigenvalue weighted by Gasteiger charge is -2.34. The quantitative estimate of drug-likeness (QED) is 0.841. The van der Waals surface area contributed by atoms with Crippen LogP contribution in [0.4, 0.5) is 11.4 Å². The maximum absolute atomic E-state index is 4.92. The molecule has 0 saturated carbocycles. The zero-order chi connectivity index (χ0) is 17.8. The molecule has 1 saturated heterocycles. The van der Waals surface area contributed by atoms with E-state index in [1.165, 1.54) is 11.4 Å². The number of hydrogen-bond donors (Lipinski definition) is 0. The Morgan fingerprint density at radius 3 is 2.40 bits per heavy atom. The summed E-state index contributed by atoms with van der Waals surface area (Å²) in [6.07, 6.45) is 6.58. The van der Waals surface area contributed by atoms with E-state index in [-0.39, 0.29) is 0 Å². The minimum Gasteiger partial charge on any atom is -0.369 e. The van der Waals surface area contributed by atoms with Crippen LogP contribution in [0.2, 0.25) is 0 Å². The van der Waals surface area contributed by atoms with Crippen LogP contribution in [0.5, 0.6) is 0 Å². The van der Waals surface area contributed by atoms with E-state index in [2.05, 4.69) is 84.2 Å². The molecule has 1 aromatic rings. The third-order valence-corrected chi connectivity index (χ3v) is 5.12. The van der Waals surface area contributed by atoms with Crippen LogP contribution in [0.1, 0.15) is 19.8 Å². The molecule has 0 spiro atoms. The number of nitrogens with zero attached hydrogens (tertiary/aromatic N) is 5. The molecule has 0 aliphatic carbocycles. The zero-order valence-electron chi connectivity index (χ0n) is 16.0. The molecule has 2 aliphatic rings. The molecule has 1 aromatic carbocycles. The minimum absolute atomic E-state index is 0.295. The Kier molecular flexibility index (Phi) is 5.63. The first-order valence-electron chi connectivity index (χ1n) is 9.34. The van der Waals surface area contributed by atoms with Gasteiger partial charge in [-0.1, -0.05) is 13.3 Å². The molecule has 2 heterocycles. The first-order valence-corrected chi connectivity index (χ1v) is 9.34. The van der Waals surface area contributed by atoms with Gasteiger partial charge < -0.3 is 19.6 Å². The molecule has 3 rings (SSSR count). The molecule has 1 atom stereocenters. The number of aliphatic imine (C=N–C) groups is 1. The summed E-state index contributed by atoms with van der Waals surface area (Å²) >= 11 is 0. The van der Waals surface area contributed by atoms with Gasteiger partial charge in [-0.15, -0.1) is 0 Å². The maximum atomic E-state index is 4.92. The smallest absolute Gasteiger partial charge is 0.205 e. The van der Waals surface area contributed by atoms with Gasteiger partial charge in [0.2, 0.25) is 5.96 Å². The molecule has 5 nitrogen and oxygen atoms in total. The van der Waals surface area contributed by atoms with E-state index in [9.17, 15) is 0 Å². The largest absolute Gasteiger partial charge is 0.369 e. The number of guanidine groups is 1. The van der Waals surface area contributed by atoms with Gasteiger partial charge in [0.1, 0.15) is 0 Å². The molecule has 0 bridgehead atoms. The average molecular weight is 342 g/mol. The molecule has 0 amide bonds. The van der Waals surface area contributed by atoms with Gasteiger partial charge in [-0.05, 0) is 43.8 Å². The summed E-state index contributed by atoms with van der Waals surface area (Å²) in [6.45, 7) is 6.68. The third-order valence-electron chi connectivity index (χ3n) is 5.12. The van der Waals surface area contributed by atoms with Crippen molar-refractivity contribution in [3.8, 4) is 0 Å². The Hall–Kier alpha value is -2.01. The van der Waals surface area contributed by atoms with E-state index in [1.54, 1.807) is 0 Å². The monoisotopic (exact) mass is 341 g/mol. The van der Waals surface area contributed by atoms with E-state index >= 15 is 0 Å². The van der Waals surface area contributed by atoms with Crippen LogP contribution in [0, 0.1) is 0 Å². The highest BCUT2D eigenvalue weighted by Gasteiger charge is 2.19. The van der Waals surface area contributed by atoms with Gasteiger partial charge in [0.25, 0.3) is 0 Å². The summed E-state index contributed by atoms with van der Waals surface area (Å²) in [5.41, 5.74) is 2.49. The average Bonchev–Trinajstić information content (AvgIpc) is 2.64. The highest BCUT2D eigenvalue weighted by Crippen LogP contribution is 2.23. The van der Waals surface area contributed by atoms with Gasteiger partial charge in [-0.25, -0.2) is 4.99 Å². The van der Waals surface area contributed by atoms with E-state index in [1.807, 2.05) is 0 Å². The van der Waals surface area contributed by atoms with Crippen molar-refractivity contribution in [1.29, 1.82) is 0 Å². The zero-order valence-corrected chi connectivity index (χ0v) is 16.0. The Bertz CT molecular complexity index is 613. The predicted molar refractivity (Wildman–Crippen MR) is 108 cm³/mol. The second-order valence-electron chi connectivity index (χ2n) is 7.10. The van der Waals surface area contributed by atoms with Crippen LogP contribution in [0.3, 0.4) is 0 Å². The van der Waals surface area contributed by atoms with Gasteiger partial charge in [0.05, 0.1) is 6.04 Å².